The van der Waals surface area contributed by atoms with Crippen molar-refractivity contribution in [2.24, 2.45) is 0 Å². The van der Waals surface area contributed by atoms with Crippen LogP contribution in [0.4, 0.5) is 11.5 Å². The normalized spacial score (nSPS) is 15.1. The average molecular weight is 422 g/mol. The van der Waals surface area contributed by atoms with Gasteiger partial charge in [0.05, 0.1) is 5.56 Å². The van der Waals surface area contributed by atoms with Crippen molar-refractivity contribution in [3.8, 4) is 28.2 Å². The van der Waals surface area contributed by atoms with Gasteiger partial charge in [-0.25, -0.2) is 0 Å². The molecule has 1 amide bonds. The van der Waals surface area contributed by atoms with E-state index in [4.69, 9.17) is 4.52 Å². The highest BCUT2D eigenvalue weighted by Crippen LogP contribution is 2.39. The number of phenols is 1. The smallest absolute Gasteiger partial charge is 0.219 e. The number of carbonyl (C=O) groups excluding carboxylic acids is 1. The first-order chi connectivity index (χ1) is 14.9. The number of hydrogen-bond donors (Lipinski definition) is 3. The summed E-state index contributed by atoms with van der Waals surface area (Å²) < 4.78 is 5.54. The third-order valence-corrected chi connectivity index (χ3v) is 5.42. The van der Waals surface area contributed by atoms with Gasteiger partial charge >= 0.3 is 0 Å². The van der Waals surface area contributed by atoms with E-state index in [-0.39, 0.29) is 11.7 Å². The van der Waals surface area contributed by atoms with Gasteiger partial charge in [-0.3, -0.25) is 4.79 Å². The van der Waals surface area contributed by atoms with Gasteiger partial charge in [-0.1, -0.05) is 29.4 Å². The topological polar surface area (TPSA) is 102 Å². The van der Waals surface area contributed by atoms with Crippen LogP contribution in [0.25, 0.3) is 22.5 Å². The maximum atomic E-state index is 11.5. The molecule has 0 radical (unpaired) electrons. The minimum Gasteiger partial charge on any atom is -0.507 e. The Morgan fingerprint density at radius 2 is 1.77 bits per heavy atom. The number of benzene rings is 2. The van der Waals surface area contributed by atoms with E-state index in [2.05, 4.69) is 15.4 Å². The van der Waals surface area contributed by atoms with Crippen LogP contribution in [0.5, 0.6) is 5.75 Å². The lowest BCUT2D eigenvalue weighted by Gasteiger charge is -2.33. The Balaban J connectivity index is 1.54. The standard InChI is InChI=1S/C23H26N4O4/c1-15(28)24-18-8-6-17(7-9-18)19-4-3-5-20(23(19)30)21-14-22(25-31-21)27-12-10-26(11-13-27)16(2)29/h3-9,14-15,24,28,30H,10-13H2,1-2H3. The van der Waals surface area contributed by atoms with Crippen molar-refractivity contribution in [3.63, 3.8) is 0 Å². The number of para-hydroxylation sites is 1. The highest BCUT2D eigenvalue weighted by atomic mass is 16.5. The highest BCUT2D eigenvalue weighted by Gasteiger charge is 2.22. The number of aliphatic hydroxyl groups is 1. The molecular weight excluding hydrogens is 396 g/mol. The van der Waals surface area contributed by atoms with Crippen LogP contribution in [0.3, 0.4) is 0 Å². The fraction of sp³-hybridized carbons (Fsp3) is 0.304. The van der Waals surface area contributed by atoms with Crippen molar-refractivity contribution in [1.82, 2.24) is 10.1 Å². The fourth-order valence-electron chi connectivity index (χ4n) is 3.75. The molecule has 1 atom stereocenters. The summed E-state index contributed by atoms with van der Waals surface area (Å²) in [6.07, 6.45) is -0.645. The van der Waals surface area contributed by atoms with Gasteiger partial charge in [0.1, 0.15) is 12.0 Å². The molecule has 3 N–H and O–H groups in total. The maximum Gasteiger partial charge on any atom is 0.219 e. The number of nitrogens with zero attached hydrogens (tertiary/aromatic N) is 3. The van der Waals surface area contributed by atoms with Gasteiger partial charge in [0, 0.05) is 50.4 Å². The van der Waals surface area contributed by atoms with Crippen molar-refractivity contribution < 1.29 is 19.5 Å². The molecule has 0 aliphatic carbocycles. The van der Waals surface area contributed by atoms with Gasteiger partial charge in [-0.2, -0.15) is 0 Å². The zero-order valence-corrected chi connectivity index (χ0v) is 17.6. The second-order valence-electron chi connectivity index (χ2n) is 7.64. The van der Waals surface area contributed by atoms with E-state index >= 15 is 0 Å². The largest absolute Gasteiger partial charge is 0.507 e. The van der Waals surface area contributed by atoms with Crippen LogP contribution in [-0.2, 0) is 4.79 Å². The molecule has 31 heavy (non-hydrogen) atoms. The highest BCUT2D eigenvalue weighted by molar-refractivity contribution is 5.81. The zero-order chi connectivity index (χ0) is 22.0. The third-order valence-electron chi connectivity index (χ3n) is 5.42. The summed E-state index contributed by atoms with van der Waals surface area (Å²) >= 11 is 0. The summed E-state index contributed by atoms with van der Waals surface area (Å²) in [5.41, 5.74) is 2.87. The lowest BCUT2D eigenvalue weighted by atomic mass is 10.00. The summed E-state index contributed by atoms with van der Waals surface area (Å²) in [4.78, 5) is 15.4. The van der Waals surface area contributed by atoms with Crippen LogP contribution >= 0.6 is 0 Å². The zero-order valence-electron chi connectivity index (χ0n) is 17.6. The summed E-state index contributed by atoms with van der Waals surface area (Å²) in [5.74, 6) is 1.37. The molecule has 1 aromatic heterocycles. The number of aromatic nitrogens is 1. The van der Waals surface area contributed by atoms with Crippen LogP contribution < -0.4 is 10.2 Å². The molecule has 1 aliphatic heterocycles. The first kappa shape index (κ1) is 20.7. The second-order valence-corrected chi connectivity index (χ2v) is 7.64. The van der Waals surface area contributed by atoms with E-state index in [9.17, 15) is 15.0 Å². The Kier molecular flexibility index (Phi) is 5.81. The number of amides is 1. The summed E-state index contributed by atoms with van der Waals surface area (Å²) in [6.45, 7) is 5.90. The number of aromatic hydroxyl groups is 1. The predicted octanol–water partition coefficient (Wildman–Crippen LogP) is 3.13. The second kappa shape index (κ2) is 8.69. The molecule has 1 unspecified atom stereocenters. The number of anilines is 2. The molecule has 3 aromatic rings. The number of rotatable bonds is 5. The molecule has 8 heteroatoms. The molecule has 1 aliphatic rings. The molecule has 2 aromatic carbocycles. The van der Waals surface area contributed by atoms with Crippen molar-refractivity contribution in [2.75, 3.05) is 36.4 Å². The van der Waals surface area contributed by atoms with E-state index in [1.165, 1.54) is 0 Å². The molecule has 0 saturated carbocycles. The molecule has 1 fully saturated rings. The van der Waals surface area contributed by atoms with Crippen LogP contribution in [0, 0.1) is 0 Å². The molecule has 2 heterocycles. The first-order valence-electron chi connectivity index (χ1n) is 10.3. The lowest BCUT2D eigenvalue weighted by molar-refractivity contribution is -0.129. The van der Waals surface area contributed by atoms with Crippen LogP contribution in [-0.4, -0.2) is 58.6 Å². The molecule has 8 nitrogen and oxygen atoms in total. The van der Waals surface area contributed by atoms with Gasteiger partial charge in [-0.05, 0) is 30.7 Å². The molecule has 162 valence electrons. The SMILES string of the molecule is CC(=O)N1CCN(c2cc(-c3cccc(-c4ccc(NC(C)O)cc4)c3O)on2)CC1. The van der Waals surface area contributed by atoms with Crippen LogP contribution in [0.2, 0.25) is 0 Å². The van der Waals surface area contributed by atoms with E-state index in [0.717, 1.165) is 11.3 Å². The molecular formula is C23H26N4O4. The number of nitrogens with one attached hydrogen (secondary N) is 1. The molecule has 0 bridgehead atoms. The van der Waals surface area contributed by atoms with E-state index in [0.29, 0.717) is 48.9 Å². The Bertz CT molecular complexity index is 1050. The van der Waals surface area contributed by atoms with Crippen molar-refractivity contribution in [1.29, 1.82) is 0 Å². The van der Waals surface area contributed by atoms with Crippen molar-refractivity contribution in [2.45, 2.75) is 20.1 Å². The maximum absolute atomic E-state index is 11.5. The summed E-state index contributed by atoms with van der Waals surface area (Å²) in [6, 6.07) is 14.8. The Labute approximate surface area is 180 Å². The Hall–Kier alpha value is -3.52. The minimum atomic E-state index is -0.645. The first-order valence-corrected chi connectivity index (χ1v) is 10.3. The number of carbonyl (C=O) groups is 1. The third kappa shape index (κ3) is 4.49. The number of aliphatic hydroxyl groups excluding tert-OH is 1. The van der Waals surface area contributed by atoms with Crippen molar-refractivity contribution in [3.05, 3.63) is 48.5 Å². The predicted molar refractivity (Wildman–Crippen MR) is 119 cm³/mol. The summed E-state index contributed by atoms with van der Waals surface area (Å²) in [5, 5.41) is 27.5. The number of hydrogen-bond acceptors (Lipinski definition) is 7. The number of phenolic OH excluding ortho intramolecular Hbond substituents is 1. The Morgan fingerprint density at radius 1 is 1.10 bits per heavy atom. The van der Waals surface area contributed by atoms with Crippen LogP contribution in [0.1, 0.15) is 13.8 Å². The fourth-order valence-corrected chi connectivity index (χ4v) is 3.75. The Morgan fingerprint density at radius 3 is 2.42 bits per heavy atom. The quantitative estimate of drug-likeness (QED) is 0.543. The van der Waals surface area contributed by atoms with Gasteiger partial charge in [0.15, 0.2) is 11.6 Å². The van der Waals surface area contributed by atoms with Gasteiger partial charge < -0.3 is 29.9 Å². The molecule has 4 rings (SSSR count). The summed E-state index contributed by atoms with van der Waals surface area (Å²) in [7, 11) is 0. The molecule has 0 spiro atoms. The van der Waals surface area contributed by atoms with E-state index in [1.807, 2.05) is 47.4 Å². The average Bonchev–Trinajstić information content (AvgIpc) is 3.24. The van der Waals surface area contributed by atoms with Crippen LogP contribution in [0.15, 0.2) is 53.1 Å². The molecule has 1 saturated heterocycles. The van der Waals surface area contributed by atoms with E-state index in [1.54, 1.807) is 19.9 Å². The monoisotopic (exact) mass is 422 g/mol. The number of piperazine rings is 1. The van der Waals surface area contributed by atoms with Gasteiger partial charge in [-0.15, -0.1) is 0 Å². The lowest BCUT2D eigenvalue weighted by Crippen LogP contribution is -2.48. The van der Waals surface area contributed by atoms with E-state index < -0.39 is 6.23 Å². The van der Waals surface area contributed by atoms with Gasteiger partial charge in [0.2, 0.25) is 5.91 Å². The minimum absolute atomic E-state index is 0.0805. The van der Waals surface area contributed by atoms with Gasteiger partial charge in [0.25, 0.3) is 0 Å². The van der Waals surface area contributed by atoms with Crippen molar-refractivity contribution >= 4 is 17.4 Å².